The van der Waals surface area contributed by atoms with Crippen molar-refractivity contribution in [3.8, 4) is 22.8 Å². The molecule has 5 nitrogen and oxygen atoms in total. The van der Waals surface area contributed by atoms with Crippen LogP contribution in [0, 0.1) is 0 Å². The Bertz CT molecular complexity index is 486. The van der Waals surface area contributed by atoms with Gasteiger partial charge in [-0.15, -0.1) is 0 Å². The molecule has 0 saturated carbocycles. The van der Waals surface area contributed by atoms with Crippen molar-refractivity contribution in [2.24, 2.45) is 0 Å². The molecule has 17 heavy (non-hydrogen) atoms. The van der Waals surface area contributed by atoms with Crippen LogP contribution in [0.15, 0.2) is 28.8 Å². The first-order valence-corrected chi connectivity index (χ1v) is 5.14. The lowest BCUT2D eigenvalue weighted by atomic mass is 10.1. The van der Waals surface area contributed by atoms with E-state index >= 15 is 0 Å². The third kappa shape index (κ3) is 2.33. The van der Waals surface area contributed by atoms with Crippen LogP contribution in [0.1, 0.15) is 0 Å². The molecule has 0 atom stereocenters. The molecule has 0 saturated heterocycles. The standard InChI is InChI=1S/C12H14N2O3/c1-13-12-14-7-11(17-12)8-4-9(15-2)6-10(5-8)16-3/h4-7H,1-3H3,(H,13,14). The highest BCUT2D eigenvalue weighted by Crippen LogP contribution is 2.30. The molecular weight excluding hydrogens is 220 g/mol. The van der Waals surface area contributed by atoms with E-state index in [9.17, 15) is 0 Å². The summed E-state index contributed by atoms with van der Waals surface area (Å²) < 4.78 is 15.9. The van der Waals surface area contributed by atoms with Gasteiger partial charge in [0.25, 0.3) is 6.01 Å². The second kappa shape index (κ2) is 4.78. The number of ether oxygens (including phenoxy) is 2. The van der Waals surface area contributed by atoms with Gasteiger partial charge in [-0.2, -0.15) is 0 Å². The molecule has 0 unspecified atom stereocenters. The van der Waals surface area contributed by atoms with Gasteiger partial charge >= 0.3 is 0 Å². The summed E-state index contributed by atoms with van der Waals surface area (Å²) >= 11 is 0. The number of rotatable bonds is 4. The molecule has 5 heteroatoms. The predicted octanol–water partition coefficient (Wildman–Crippen LogP) is 2.40. The summed E-state index contributed by atoms with van der Waals surface area (Å²) in [6.45, 7) is 0. The van der Waals surface area contributed by atoms with Crippen LogP contribution < -0.4 is 14.8 Å². The number of hydrogen-bond donors (Lipinski definition) is 1. The fourth-order valence-electron chi connectivity index (χ4n) is 1.47. The molecular formula is C12H14N2O3. The van der Waals surface area contributed by atoms with Crippen molar-refractivity contribution >= 4 is 6.01 Å². The van der Waals surface area contributed by atoms with E-state index in [1.165, 1.54) is 0 Å². The molecule has 0 bridgehead atoms. The minimum Gasteiger partial charge on any atom is -0.497 e. The molecule has 0 fully saturated rings. The average Bonchev–Trinajstić information content (AvgIpc) is 2.86. The molecule has 0 aliphatic heterocycles. The molecule has 0 radical (unpaired) electrons. The van der Waals surface area contributed by atoms with Crippen molar-refractivity contribution in [3.05, 3.63) is 24.4 Å². The molecule has 0 amide bonds. The van der Waals surface area contributed by atoms with E-state index in [-0.39, 0.29) is 0 Å². The van der Waals surface area contributed by atoms with Crippen LogP contribution in [-0.2, 0) is 0 Å². The third-order valence-corrected chi connectivity index (χ3v) is 2.36. The molecule has 0 aliphatic rings. The summed E-state index contributed by atoms with van der Waals surface area (Å²) in [7, 11) is 4.97. The Kier molecular flexibility index (Phi) is 3.18. The van der Waals surface area contributed by atoms with E-state index in [2.05, 4.69) is 10.3 Å². The highest BCUT2D eigenvalue weighted by molar-refractivity contribution is 5.62. The number of benzene rings is 1. The summed E-state index contributed by atoms with van der Waals surface area (Å²) in [5, 5.41) is 2.83. The largest absolute Gasteiger partial charge is 0.497 e. The first-order chi connectivity index (χ1) is 8.26. The third-order valence-electron chi connectivity index (χ3n) is 2.36. The fraction of sp³-hybridized carbons (Fsp3) is 0.250. The summed E-state index contributed by atoms with van der Waals surface area (Å²) in [5.74, 6) is 2.08. The maximum Gasteiger partial charge on any atom is 0.294 e. The maximum absolute atomic E-state index is 5.48. The van der Waals surface area contributed by atoms with Crippen LogP contribution >= 0.6 is 0 Å². The van der Waals surface area contributed by atoms with E-state index in [0.29, 0.717) is 23.3 Å². The van der Waals surface area contributed by atoms with Gasteiger partial charge in [-0.1, -0.05) is 0 Å². The first-order valence-electron chi connectivity index (χ1n) is 5.14. The van der Waals surface area contributed by atoms with E-state index in [0.717, 1.165) is 5.56 Å². The normalized spacial score (nSPS) is 10.1. The second-order valence-corrected chi connectivity index (χ2v) is 3.38. The van der Waals surface area contributed by atoms with Gasteiger partial charge in [-0.05, 0) is 12.1 Å². The number of methoxy groups -OCH3 is 2. The second-order valence-electron chi connectivity index (χ2n) is 3.38. The molecule has 2 rings (SSSR count). The lowest BCUT2D eigenvalue weighted by Gasteiger charge is -2.06. The van der Waals surface area contributed by atoms with E-state index in [4.69, 9.17) is 13.9 Å². The van der Waals surface area contributed by atoms with Gasteiger partial charge in [0, 0.05) is 18.7 Å². The van der Waals surface area contributed by atoms with Crippen LogP contribution in [0.25, 0.3) is 11.3 Å². The molecule has 1 aromatic heterocycles. The van der Waals surface area contributed by atoms with Crippen molar-refractivity contribution < 1.29 is 13.9 Å². The van der Waals surface area contributed by atoms with Crippen LogP contribution in [0.2, 0.25) is 0 Å². The molecule has 1 heterocycles. The number of nitrogens with zero attached hydrogens (tertiary/aromatic N) is 1. The Morgan fingerprint density at radius 3 is 2.24 bits per heavy atom. The smallest absolute Gasteiger partial charge is 0.294 e. The first kappa shape index (κ1) is 11.3. The average molecular weight is 234 g/mol. The molecule has 0 aliphatic carbocycles. The SMILES string of the molecule is CNc1ncc(-c2cc(OC)cc(OC)c2)o1. The molecule has 1 N–H and O–H groups in total. The Morgan fingerprint density at radius 2 is 1.76 bits per heavy atom. The Morgan fingerprint density at radius 1 is 1.12 bits per heavy atom. The van der Waals surface area contributed by atoms with E-state index < -0.39 is 0 Å². The number of hydrogen-bond acceptors (Lipinski definition) is 5. The summed E-state index contributed by atoms with van der Waals surface area (Å²) in [6.07, 6.45) is 1.65. The predicted molar refractivity (Wildman–Crippen MR) is 64.6 cm³/mol. The summed E-state index contributed by atoms with van der Waals surface area (Å²) in [6, 6.07) is 6.01. The minimum absolute atomic E-state index is 0.474. The Balaban J connectivity index is 2.43. The summed E-state index contributed by atoms with van der Waals surface area (Å²) in [4.78, 5) is 4.06. The van der Waals surface area contributed by atoms with Crippen molar-refractivity contribution in [2.45, 2.75) is 0 Å². The van der Waals surface area contributed by atoms with E-state index in [1.807, 2.05) is 12.1 Å². The molecule has 0 spiro atoms. The lowest BCUT2D eigenvalue weighted by molar-refractivity contribution is 0.394. The Hall–Kier alpha value is -2.17. The molecule has 90 valence electrons. The van der Waals surface area contributed by atoms with Crippen molar-refractivity contribution in [2.75, 3.05) is 26.6 Å². The number of oxazole rings is 1. The quantitative estimate of drug-likeness (QED) is 0.880. The Labute approximate surface area is 99.4 Å². The fourth-order valence-corrected chi connectivity index (χ4v) is 1.47. The van der Waals surface area contributed by atoms with Crippen molar-refractivity contribution in [3.63, 3.8) is 0 Å². The zero-order chi connectivity index (χ0) is 12.3. The topological polar surface area (TPSA) is 56.5 Å². The van der Waals surface area contributed by atoms with Crippen LogP contribution in [-0.4, -0.2) is 26.3 Å². The van der Waals surface area contributed by atoms with Gasteiger partial charge in [0.2, 0.25) is 0 Å². The van der Waals surface area contributed by atoms with Gasteiger partial charge in [0.05, 0.1) is 20.4 Å². The zero-order valence-electron chi connectivity index (χ0n) is 9.98. The van der Waals surface area contributed by atoms with Gasteiger partial charge in [-0.3, -0.25) is 0 Å². The van der Waals surface area contributed by atoms with Crippen LogP contribution in [0.4, 0.5) is 6.01 Å². The minimum atomic E-state index is 0.474. The highest BCUT2D eigenvalue weighted by atomic mass is 16.5. The highest BCUT2D eigenvalue weighted by Gasteiger charge is 2.08. The summed E-state index contributed by atoms with van der Waals surface area (Å²) in [5.41, 5.74) is 0.857. The van der Waals surface area contributed by atoms with Crippen LogP contribution in [0.5, 0.6) is 11.5 Å². The van der Waals surface area contributed by atoms with Crippen molar-refractivity contribution in [1.82, 2.24) is 4.98 Å². The van der Waals surface area contributed by atoms with Gasteiger partial charge in [0.15, 0.2) is 5.76 Å². The number of aromatic nitrogens is 1. The van der Waals surface area contributed by atoms with Crippen molar-refractivity contribution in [1.29, 1.82) is 0 Å². The lowest BCUT2D eigenvalue weighted by Crippen LogP contribution is -1.88. The number of nitrogens with one attached hydrogen (secondary N) is 1. The maximum atomic E-state index is 5.48. The van der Waals surface area contributed by atoms with E-state index in [1.54, 1.807) is 33.5 Å². The van der Waals surface area contributed by atoms with Gasteiger partial charge in [0.1, 0.15) is 11.5 Å². The monoisotopic (exact) mass is 234 g/mol. The van der Waals surface area contributed by atoms with Gasteiger partial charge in [-0.25, -0.2) is 4.98 Å². The zero-order valence-corrected chi connectivity index (χ0v) is 9.98. The molecule has 1 aromatic carbocycles. The van der Waals surface area contributed by atoms with Gasteiger partial charge < -0.3 is 19.2 Å². The van der Waals surface area contributed by atoms with Crippen LogP contribution in [0.3, 0.4) is 0 Å². The number of anilines is 1. The molecule has 2 aromatic rings.